The minimum atomic E-state index is -0.247. The molecule has 5 aliphatic carbocycles. The Bertz CT molecular complexity index is 1120. The summed E-state index contributed by atoms with van der Waals surface area (Å²) in [6, 6.07) is 0. The standard InChI is InChI=1S/C31H42O3/c1-19-21-9-10-24-29(5,22(21)17-23(32)26(19)33)14-16-31(7)25-18-28(4,20(2)34-8)12-11-27(25,3)13-15-30(24,31)6/h9-10,17,25,33H,2,11-16,18H2,1,3-8H3/t25-,27-,28-,29+,30-,31+/m1/s1. The summed E-state index contributed by atoms with van der Waals surface area (Å²) >= 11 is 0. The fraction of sp³-hybridized carbons (Fsp3) is 0.645. The van der Waals surface area contributed by atoms with Crippen LogP contribution in [0.3, 0.4) is 0 Å². The quantitative estimate of drug-likeness (QED) is 0.426. The van der Waals surface area contributed by atoms with Gasteiger partial charge in [0.05, 0.1) is 12.9 Å². The topological polar surface area (TPSA) is 46.5 Å². The molecule has 1 N–H and O–H groups in total. The summed E-state index contributed by atoms with van der Waals surface area (Å²) in [6.07, 6.45) is 14.3. The third-order valence-corrected chi connectivity index (χ3v) is 11.8. The number of ketones is 1. The number of fused-ring (bicyclic) bond motifs is 7. The lowest BCUT2D eigenvalue weighted by atomic mass is 9.34. The highest BCUT2D eigenvalue weighted by molar-refractivity contribution is 6.06. The lowest BCUT2D eigenvalue weighted by molar-refractivity contribution is -0.160. The van der Waals surface area contributed by atoms with Crippen LogP contribution in [0.25, 0.3) is 0 Å². The number of ether oxygens (including phenoxy) is 1. The Morgan fingerprint density at radius 3 is 2.38 bits per heavy atom. The molecular formula is C31H42O3. The number of methoxy groups -OCH3 is 1. The Morgan fingerprint density at radius 2 is 1.71 bits per heavy atom. The van der Waals surface area contributed by atoms with Gasteiger partial charge in [-0.25, -0.2) is 0 Å². The van der Waals surface area contributed by atoms with Crippen molar-refractivity contribution in [1.82, 2.24) is 0 Å². The average Bonchev–Trinajstić information content (AvgIpc) is 2.80. The SMILES string of the molecule is C=C(OC)[C@]1(C)CC[C@]2(C)CC[C@]3(C)C4=CC=C5C(=CC(=O)C(O)=C5C)[C@]4(C)CC[C@@]3(C)[C@@H]2C1. The second-order valence-electron chi connectivity index (χ2n) is 13.2. The van der Waals surface area contributed by atoms with Crippen molar-refractivity contribution in [3.8, 4) is 0 Å². The first-order chi connectivity index (χ1) is 15.8. The Labute approximate surface area is 205 Å². The smallest absolute Gasteiger partial charge is 0.220 e. The molecule has 0 aliphatic heterocycles. The number of aliphatic hydroxyl groups is 1. The predicted molar refractivity (Wildman–Crippen MR) is 137 cm³/mol. The molecule has 5 rings (SSSR count). The van der Waals surface area contributed by atoms with Crippen molar-refractivity contribution in [2.45, 2.75) is 86.5 Å². The molecule has 3 heteroatoms. The van der Waals surface area contributed by atoms with Gasteiger partial charge in [0.2, 0.25) is 5.78 Å². The maximum atomic E-state index is 12.6. The van der Waals surface area contributed by atoms with Gasteiger partial charge in [0.25, 0.3) is 0 Å². The molecule has 0 saturated heterocycles. The molecule has 6 atom stereocenters. The largest absolute Gasteiger partial charge is 0.504 e. The predicted octanol–water partition coefficient (Wildman–Crippen LogP) is 7.77. The van der Waals surface area contributed by atoms with E-state index in [0.717, 1.165) is 48.2 Å². The van der Waals surface area contributed by atoms with Crippen molar-refractivity contribution in [2.24, 2.45) is 33.0 Å². The van der Waals surface area contributed by atoms with Crippen LogP contribution >= 0.6 is 0 Å². The van der Waals surface area contributed by atoms with Gasteiger partial charge in [-0.3, -0.25) is 4.79 Å². The molecule has 3 nitrogen and oxygen atoms in total. The van der Waals surface area contributed by atoms with Gasteiger partial charge < -0.3 is 9.84 Å². The number of hydrogen-bond acceptors (Lipinski definition) is 3. The number of carbonyl (C=O) groups excluding carboxylic acids is 1. The van der Waals surface area contributed by atoms with Gasteiger partial charge in [-0.2, -0.15) is 0 Å². The summed E-state index contributed by atoms with van der Waals surface area (Å²) in [5.41, 5.74) is 4.78. The van der Waals surface area contributed by atoms with E-state index in [2.05, 4.69) is 53.3 Å². The molecular weight excluding hydrogens is 420 g/mol. The molecule has 0 amide bonds. The number of allylic oxidation sites excluding steroid dienone is 8. The van der Waals surface area contributed by atoms with Crippen LogP contribution in [0.4, 0.5) is 0 Å². The first-order valence-electron chi connectivity index (χ1n) is 13.1. The van der Waals surface area contributed by atoms with Gasteiger partial charge in [-0.1, -0.05) is 58.9 Å². The van der Waals surface area contributed by atoms with Crippen molar-refractivity contribution in [3.63, 3.8) is 0 Å². The van der Waals surface area contributed by atoms with Crippen LogP contribution in [-0.2, 0) is 9.53 Å². The maximum absolute atomic E-state index is 12.6. The normalized spacial score (nSPS) is 45.7. The zero-order valence-electron chi connectivity index (χ0n) is 22.2. The molecule has 34 heavy (non-hydrogen) atoms. The Kier molecular flexibility index (Phi) is 4.89. The van der Waals surface area contributed by atoms with Crippen molar-refractivity contribution in [1.29, 1.82) is 0 Å². The molecule has 0 radical (unpaired) electrons. The Balaban J connectivity index is 1.63. The van der Waals surface area contributed by atoms with Crippen LogP contribution in [0.15, 0.2) is 58.6 Å². The van der Waals surface area contributed by atoms with E-state index in [1.54, 1.807) is 13.2 Å². The Hall–Kier alpha value is -2.03. The summed E-state index contributed by atoms with van der Waals surface area (Å²) in [4.78, 5) is 12.6. The molecule has 3 fully saturated rings. The third kappa shape index (κ3) is 2.73. The molecule has 0 bridgehead atoms. The highest BCUT2D eigenvalue weighted by Gasteiger charge is 2.67. The maximum Gasteiger partial charge on any atom is 0.220 e. The van der Waals surface area contributed by atoms with E-state index >= 15 is 0 Å². The van der Waals surface area contributed by atoms with Crippen molar-refractivity contribution >= 4 is 5.78 Å². The van der Waals surface area contributed by atoms with E-state index in [1.807, 2.05) is 6.92 Å². The van der Waals surface area contributed by atoms with Gasteiger partial charge in [-0.15, -0.1) is 0 Å². The lowest BCUT2D eigenvalue weighted by Gasteiger charge is -2.70. The van der Waals surface area contributed by atoms with E-state index in [4.69, 9.17) is 4.74 Å². The van der Waals surface area contributed by atoms with Gasteiger partial charge in [0.15, 0.2) is 5.76 Å². The number of carbonyl (C=O) groups is 1. The first-order valence-corrected chi connectivity index (χ1v) is 13.1. The van der Waals surface area contributed by atoms with Crippen LogP contribution in [0.5, 0.6) is 0 Å². The Morgan fingerprint density at radius 1 is 1.03 bits per heavy atom. The molecule has 0 aromatic carbocycles. The second-order valence-corrected chi connectivity index (χ2v) is 13.2. The molecule has 0 spiro atoms. The molecule has 0 heterocycles. The first kappa shape index (κ1) is 23.7. The minimum Gasteiger partial charge on any atom is -0.504 e. The molecule has 0 aromatic rings. The number of rotatable bonds is 2. The lowest BCUT2D eigenvalue weighted by Crippen LogP contribution is -2.61. The van der Waals surface area contributed by atoms with Crippen LogP contribution in [0.2, 0.25) is 0 Å². The van der Waals surface area contributed by atoms with Crippen LogP contribution in [-0.4, -0.2) is 18.0 Å². The monoisotopic (exact) mass is 462 g/mol. The highest BCUT2D eigenvalue weighted by atomic mass is 16.5. The molecule has 5 aliphatic rings. The molecule has 3 saturated carbocycles. The van der Waals surface area contributed by atoms with Crippen molar-refractivity contribution < 1.29 is 14.6 Å². The molecule has 0 unspecified atom stereocenters. The van der Waals surface area contributed by atoms with E-state index in [0.29, 0.717) is 11.3 Å². The second kappa shape index (κ2) is 7.02. The zero-order chi connectivity index (χ0) is 24.9. The summed E-state index contributed by atoms with van der Waals surface area (Å²) in [5.74, 6) is 1.18. The number of aliphatic hydroxyl groups excluding tert-OH is 1. The van der Waals surface area contributed by atoms with Gasteiger partial charge >= 0.3 is 0 Å². The van der Waals surface area contributed by atoms with Crippen molar-refractivity contribution in [3.05, 3.63) is 58.6 Å². The van der Waals surface area contributed by atoms with E-state index < -0.39 is 0 Å². The summed E-state index contributed by atoms with van der Waals surface area (Å²) in [5, 5.41) is 10.3. The fourth-order valence-electron chi connectivity index (χ4n) is 8.96. The van der Waals surface area contributed by atoms with Crippen LogP contribution in [0.1, 0.15) is 86.5 Å². The average molecular weight is 463 g/mol. The van der Waals surface area contributed by atoms with Gasteiger partial charge in [0.1, 0.15) is 0 Å². The number of hydrogen-bond donors (Lipinski definition) is 1. The van der Waals surface area contributed by atoms with E-state index in [9.17, 15) is 9.90 Å². The third-order valence-electron chi connectivity index (χ3n) is 11.8. The van der Waals surface area contributed by atoms with Gasteiger partial charge in [0, 0.05) is 16.4 Å². The van der Waals surface area contributed by atoms with Crippen LogP contribution in [0, 0.1) is 33.0 Å². The summed E-state index contributed by atoms with van der Waals surface area (Å²) in [6.45, 7) is 18.5. The zero-order valence-corrected chi connectivity index (χ0v) is 22.2. The van der Waals surface area contributed by atoms with E-state index in [-0.39, 0.29) is 33.2 Å². The highest BCUT2D eigenvalue weighted by Crippen LogP contribution is 2.75. The summed E-state index contributed by atoms with van der Waals surface area (Å²) < 4.78 is 5.71. The van der Waals surface area contributed by atoms with Crippen LogP contribution < -0.4 is 0 Å². The molecule has 0 aromatic heterocycles. The summed E-state index contributed by atoms with van der Waals surface area (Å²) in [7, 11) is 1.77. The van der Waals surface area contributed by atoms with Crippen molar-refractivity contribution in [2.75, 3.05) is 7.11 Å². The molecule has 184 valence electrons. The van der Waals surface area contributed by atoms with Gasteiger partial charge in [-0.05, 0) is 91.3 Å². The fourth-order valence-corrected chi connectivity index (χ4v) is 8.96. The minimum absolute atomic E-state index is 0.0205. The van der Waals surface area contributed by atoms with E-state index in [1.165, 1.54) is 24.8 Å².